The summed E-state index contributed by atoms with van der Waals surface area (Å²) in [5.74, 6) is -0.110. The standard InChI is InChI=1S/C27H26FN3O2/c1-16(2)9-19-6-8-23(25(32)14-19)29-30-26-22-7-5-20(15-28)13-24(22)31(27(26)33)21-11-17(3)10-18(4)12-21/h5-14,32-33H,15H2,1-4H3. The number of phenolic OH excluding ortho intramolecular Hbond substituents is 1. The highest BCUT2D eigenvalue weighted by molar-refractivity contribution is 5.97. The second-order valence-electron chi connectivity index (χ2n) is 8.51. The SMILES string of the molecule is CC(C)=Cc1ccc(N=Nc2c(O)n(-c3cc(C)cc(C)c3)c3cc(CF)ccc23)c(O)c1. The molecule has 0 aliphatic heterocycles. The summed E-state index contributed by atoms with van der Waals surface area (Å²) in [5, 5.41) is 30.7. The van der Waals surface area contributed by atoms with Gasteiger partial charge in [-0.05, 0) is 80.3 Å². The molecule has 0 fully saturated rings. The number of nitrogens with zero attached hydrogens (tertiary/aromatic N) is 3. The Bertz CT molecular complexity index is 1390. The molecule has 4 rings (SSSR count). The van der Waals surface area contributed by atoms with Crippen LogP contribution in [0.3, 0.4) is 0 Å². The van der Waals surface area contributed by atoms with Crippen molar-refractivity contribution in [3.05, 3.63) is 82.4 Å². The minimum atomic E-state index is -0.614. The van der Waals surface area contributed by atoms with Crippen molar-refractivity contribution in [3.8, 4) is 17.3 Å². The molecule has 0 unspecified atom stereocenters. The van der Waals surface area contributed by atoms with E-state index >= 15 is 0 Å². The molecule has 0 saturated carbocycles. The minimum Gasteiger partial charge on any atom is -0.506 e. The lowest BCUT2D eigenvalue weighted by Gasteiger charge is -2.10. The topological polar surface area (TPSA) is 70.1 Å². The molecule has 6 heteroatoms. The predicted molar refractivity (Wildman–Crippen MR) is 131 cm³/mol. The van der Waals surface area contributed by atoms with Gasteiger partial charge in [0.2, 0.25) is 5.88 Å². The summed E-state index contributed by atoms with van der Waals surface area (Å²) in [7, 11) is 0. The minimum absolute atomic E-state index is 0.00833. The molecule has 0 aliphatic rings. The first-order valence-corrected chi connectivity index (χ1v) is 10.7. The molecule has 5 nitrogen and oxygen atoms in total. The van der Waals surface area contributed by atoms with E-state index in [2.05, 4.69) is 10.2 Å². The average Bonchev–Trinajstić information content (AvgIpc) is 3.02. The summed E-state index contributed by atoms with van der Waals surface area (Å²) < 4.78 is 15.1. The molecule has 0 saturated heterocycles. The third-order valence-electron chi connectivity index (χ3n) is 5.31. The van der Waals surface area contributed by atoms with E-state index in [0.29, 0.717) is 16.5 Å². The molecule has 3 aromatic carbocycles. The normalized spacial score (nSPS) is 11.4. The number of hydrogen-bond acceptors (Lipinski definition) is 4. The van der Waals surface area contributed by atoms with Gasteiger partial charge in [-0.25, -0.2) is 4.39 Å². The second-order valence-corrected chi connectivity index (χ2v) is 8.51. The molecule has 0 amide bonds. The number of aromatic nitrogens is 1. The van der Waals surface area contributed by atoms with Crippen LogP contribution in [0.15, 0.2) is 70.4 Å². The molecule has 4 aromatic rings. The Morgan fingerprint density at radius 3 is 2.30 bits per heavy atom. The van der Waals surface area contributed by atoms with Gasteiger partial charge in [-0.3, -0.25) is 4.57 Å². The van der Waals surface area contributed by atoms with E-state index < -0.39 is 6.67 Å². The van der Waals surface area contributed by atoms with Crippen molar-refractivity contribution in [2.24, 2.45) is 10.2 Å². The van der Waals surface area contributed by atoms with E-state index in [-0.39, 0.29) is 23.0 Å². The first-order valence-electron chi connectivity index (χ1n) is 10.7. The van der Waals surface area contributed by atoms with Crippen LogP contribution in [0.5, 0.6) is 11.6 Å². The molecular weight excluding hydrogens is 417 g/mol. The van der Waals surface area contributed by atoms with Gasteiger partial charge in [0.05, 0.1) is 5.52 Å². The van der Waals surface area contributed by atoms with Crippen LogP contribution in [-0.2, 0) is 6.67 Å². The third-order valence-corrected chi connectivity index (χ3v) is 5.31. The summed E-state index contributed by atoms with van der Waals surface area (Å²) >= 11 is 0. The number of fused-ring (bicyclic) bond motifs is 1. The first kappa shape index (κ1) is 22.3. The number of alkyl halides is 1. The number of benzene rings is 3. The van der Waals surface area contributed by atoms with Gasteiger partial charge in [0.15, 0.2) is 5.69 Å². The van der Waals surface area contributed by atoms with Crippen LogP contribution in [-0.4, -0.2) is 14.8 Å². The molecule has 1 heterocycles. The van der Waals surface area contributed by atoms with Crippen molar-refractivity contribution < 1.29 is 14.6 Å². The number of halogens is 1. The van der Waals surface area contributed by atoms with Crippen molar-refractivity contribution in [3.63, 3.8) is 0 Å². The molecule has 33 heavy (non-hydrogen) atoms. The van der Waals surface area contributed by atoms with Gasteiger partial charge in [-0.15, -0.1) is 10.2 Å². The highest BCUT2D eigenvalue weighted by Crippen LogP contribution is 2.42. The molecule has 0 aliphatic carbocycles. The number of azo groups is 1. The van der Waals surface area contributed by atoms with Crippen LogP contribution < -0.4 is 0 Å². The lowest BCUT2D eigenvalue weighted by Crippen LogP contribution is -1.95. The maximum absolute atomic E-state index is 13.4. The lowest BCUT2D eigenvalue weighted by molar-refractivity contribution is 0.446. The largest absolute Gasteiger partial charge is 0.506 e. The summed E-state index contributed by atoms with van der Waals surface area (Å²) in [6, 6.07) is 16.2. The third kappa shape index (κ3) is 4.51. The van der Waals surface area contributed by atoms with Crippen molar-refractivity contribution in [2.75, 3.05) is 0 Å². The maximum Gasteiger partial charge on any atom is 0.225 e. The molecule has 0 spiro atoms. The zero-order valence-electron chi connectivity index (χ0n) is 19.1. The number of allylic oxidation sites excluding steroid dienone is 1. The van der Waals surface area contributed by atoms with Gasteiger partial charge in [0.1, 0.15) is 18.1 Å². The fraction of sp³-hybridized carbons (Fsp3) is 0.185. The van der Waals surface area contributed by atoms with E-state index in [0.717, 1.165) is 28.0 Å². The van der Waals surface area contributed by atoms with Gasteiger partial charge < -0.3 is 10.2 Å². The Hall–Kier alpha value is -3.93. The van der Waals surface area contributed by atoms with E-state index in [1.54, 1.807) is 34.9 Å². The summed E-state index contributed by atoms with van der Waals surface area (Å²) in [4.78, 5) is 0. The van der Waals surface area contributed by atoms with E-state index in [4.69, 9.17) is 0 Å². The Labute approximate surface area is 192 Å². The van der Waals surface area contributed by atoms with E-state index in [9.17, 15) is 14.6 Å². The van der Waals surface area contributed by atoms with Crippen LogP contribution in [0.4, 0.5) is 15.8 Å². The number of rotatable bonds is 5. The monoisotopic (exact) mass is 443 g/mol. The van der Waals surface area contributed by atoms with Crippen molar-refractivity contribution in [1.82, 2.24) is 4.57 Å². The molecule has 168 valence electrons. The number of hydrogen-bond donors (Lipinski definition) is 2. The Kier molecular flexibility index (Phi) is 6.01. The van der Waals surface area contributed by atoms with Crippen LogP contribution >= 0.6 is 0 Å². The van der Waals surface area contributed by atoms with E-state index in [1.165, 1.54) is 0 Å². The zero-order valence-corrected chi connectivity index (χ0v) is 19.1. The van der Waals surface area contributed by atoms with Crippen molar-refractivity contribution in [1.29, 1.82) is 0 Å². The Balaban J connectivity index is 1.87. The van der Waals surface area contributed by atoms with Crippen molar-refractivity contribution in [2.45, 2.75) is 34.4 Å². The van der Waals surface area contributed by atoms with Gasteiger partial charge >= 0.3 is 0 Å². The average molecular weight is 444 g/mol. The van der Waals surface area contributed by atoms with Crippen LogP contribution in [0.2, 0.25) is 0 Å². The van der Waals surface area contributed by atoms with Crippen LogP contribution in [0.25, 0.3) is 22.7 Å². The highest BCUT2D eigenvalue weighted by Gasteiger charge is 2.19. The Morgan fingerprint density at radius 1 is 0.939 bits per heavy atom. The van der Waals surface area contributed by atoms with Crippen molar-refractivity contribution >= 4 is 28.4 Å². The van der Waals surface area contributed by atoms with Crippen LogP contribution in [0.1, 0.15) is 36.1 Å². The fourth-order valence-corrected chi connectivity index (χ4v) is 3.98. The summed E-state index contributed by atoms with van der Waals surface area (Å²) in [6.07, 6.45) is 1.95. The second kappa shape index (κ2) is 8.90. The fourth-order valence-electron chi connectivity index (χ4n) is 3.98. The molecule has 1 aromatic heterocycles. The molecule has 0 atom stereocenters. The molecule has 2 N–H and O–H groups in total. The Morgan fingerprint density at radius 2 is 1.67 bits per heavy atom. The molecular formula is C27H26FN3O2. The van der Waals surface area contributed by atoms with E-state index in [1.807, 2.05) is 58.0 Å². The summed E-state index contributed by atoms with van der Waals surface area (Å²) in [5.41, 5.74) is 6.47. The predicted octanol–water partition coefficient (Wildman–Crippen LogP) is 7.97. The summed E-state index contributed by atoms with van der Waals surface area (Å²) in [6.45, 7) is 7.31. The van der Waals surface area contributed by atoms with Gasteiger partial charge in [-0.2, -0.15) is 0 Å². The highest BCUT2D eigenvalue weighted by atomic mass is 19.1. The van der Waals surface area contributed by atoms with Gasteiger partial charge in [0, 0.05) is 11.1 Å². The van der Waals surface area contributed by atoms with Gasteiger partial charge in [0.25, 0.3) is 0 Å². The number of aryl methyl sites for hydroxylation is 2. The lowest BCUT2D eigenvalue weighted by atomic mass is 10.1. The smallest absolute Gasteiger partial charge is 0.225 e. The van der Waals surface area contributed by atoms with Crippen LogP contribution in [0, 0.1) is 13.8 Å². The zero-order chi connectivity index (χ0) is 23.7. The maximum atomic E-state index is 13.4. The van der Waals surface area contributed by atoms with Gasteiger partial charge in [-0.1, -0.05) is 35.9 Å². The first-order chi connectivity index (χ1) is 15.8. The number of phenols is 1. The quantitative estimate of drug-likeness (QED) is 0.307. The molecule has 0 radical (unpaired) electrons. The number of aromatic hydroxyl groups is 2. The molecule has 0 bridgehead atoms.